The van der Waals surface area contributed by atoms with Crippen molar-refractivity contribution in [3.63, 3.8) is 0 Å². The van der Waals surface area contributed by atoms with Gasteiger partial charge in [0, 0.05) is 12.6 Å². The lowest BCUT2D eigenvalue weighted by Gasteiger charge is -2.40. The van der Waals surface area contributed by atoms with Crippen LogP contribution in [0.1, 0.15) is 99.3 Å². The summed E-state index contributed by atoms with van der Waals surface area (Å²) in [6.45, 7) is 11.8. The van der Waals surface area contributed by atoms with Gasteiger partial charge in [-0.2, -0.15) is 0 Å². The third-order valence-electron chi connectivity index (χ3n) is 10.5. The lowest BCUT2D eigenvalue weighted by molar-refractivity contribution is -0.145. The number of ketones is 1. The normalized spacial score (nSPS) is 26.2. The lowest BCUT2D eigenvalue weighted by atomic mass is 9.83. The van der Waals surface area contributed by atoms with Gasteiger partial charge in [-0.1, -0.05) is 67.2 Å². The number of nitrogens with one attached hydrogen (secondary N) is 5. The number of carbonyl (C=O) groups excluding carboxylic acids is 5. The van der Waals surface area contributed by atoms with Crippen LogP contribution in [0.3, 0.4) is 0 Å². The number of amides is 5. The number of likely N-dealkylation sites (tertiary alicyclic amines) is 1. The van der Waals surface area contributed by atoms with Crippen molar-refractivity contribution < 1.29 is 32.4 Å². The molecule has 14 heteroatoms. The van der Waals surface area contributed by atoms with E-state index in [1.54, 1.807) is 0 Å². The Balaban J connectivity index is 1.53. The van der Waals surface area contributed by atoms with Crippen molar-refractivity contribution in [2.45, 2.75) is 129 Å². The van der Waals surface area contributed by atoms with Gasteiger partial charge < -0.3 is 26.2 Å². The first-order valence-corrected chi connectivity index (χ1v) is 18.5. The number of hydrogen-bond acceptors (Lipinski definition) is 7. The first kappa shape index (κ1) is 36.1. The summed E-state index contributed by atoms with van der Waals surface area (Å²) in [5, 5.41) is 11.3. The van der Waals surface area contributed by atoms with Gasteiger partial charge in [0.25, 0.3) is 5.91 Å². The molecule has 0 radical (unpaired) electrons. The average Bonchev–Trinajstić information content (AvgIpc) is 3.81. The quantitative estimate of drug-likeness (QED) is 0.185. The number of sulfonamides is 1. The van der Waals surface area contributed by atoms with E-state index in [1.165, 1.54) is 11.9 Å². The minimum absolute atomic E-state index is 0.00475. The van der Waals surface area contributed by atoms with Crippen LogP contribution >= 0.6 is 0 Å². The number of Topliss-reactive ketones (excluding diaryl/α,β-unsaturated/α-hetero) is 1. The summed E-state index contributed by atoms with van der Waals surface area (Å²) in [6.07, 6.45) is 6.01. The molecule has 4 aliphatic rings. The predicted molar refractivity (Wildman–Crippen MR) is 173 cm³/mol. The Labute approximate surface area is 273 Å². The van der Waals surface area contributed by atoms with Gasteiger partial charge in [0.1, 0.15) is 12.1 Å². The van der Waals surface area contributed by atoms with E-state index in [9.17, 15) is 32.4 Å². The van der Waals surface area contributed by atoms with Crippen molar-refractivity contribution in [2.24, 2.45) is 22.7 Å². The van der Waals surface area contributed by atoms with Crippen LogP contribution in [-0.4, -0.2) is 91.9 Å². The van der Waals surface area contributed by atoms with Crippen molar-refractivity contribution in [1.29, 1.82) is 0 Å². The molecule has 5 atom stereocenters. The molecule has 3 saturated carbocycles. The maximum absolute atomic E-state index is 14.3. The second kappa shape index (κ2) is 13.4. The van der Waals surface area contributed by atoms with Crippen LogP contribution in [0.25, 0.3) is 0 Å². The maximum Gasteiger partial charge on any atom is 0.315 e. The van der Waals surface area contributed by atoms with Crippen molar-refractivity contribution in [2.75, 3.05) is 19.3 Å². The van der Waals surface area contributed by atoms with Gasteiger partial charge in [0.2, 0.25) is 27.6 Å². The third kappa shape index (κ3) is 8.03. The molecule has 1 heterocycles. The first-order chi connectivity index (χ1) is 21.4. The van der Waals surface area contributed by atoms with E-state index in [-0.39, 0.29) is 35.5 Å². The number of piperidine rings is 1. The third-order valence-corrected chi connectivity index (χ3v) is 12.0. The van der Waals surface area contributed by atoms with E-state index in [1.807, 2.05) is 27.7 Å². The molecule has 0 aromatic rings. The van der Waals surface area contributed by atoms with Crippen LogP contribution in [0.4, 0.5) is 4.79 Å². The van der Waals surface area contributed by atoms with Crippen molar-refractivity contribution in [3.05, 3.63) is 0 Å². The summed E-state index contributed by atoms with van der Waals surface area (Å²) in [5.41, 5.74) is -1.92. The molecule has 13 nitrogen and oxygen atoms in total. The van der Waals surface area contributed by atoms with Gasteiger partial charge in [-0.3, -0.25) is 19.2 Å². The number of carbonyl (C=O) groups is 5. The first-order valence-electron chi connectivity index (χ1n) is 16.8. The largest absolute Gasteiger partial charge is 0.347 e. The number of nitrogens with zero attached hydrogens (tertiary/aromatic N) is 1. The van der Waals surface area contributed by atoms with Crippen LogP contribution in [0.2, 0.25) is 0 Å². The zero-order valence-electron chi connectivity index (χ0n) is 28.5. The van der Waals surface area contributed by atoms with E-state index in [4.69, 9.17) is 0 Å². The molecule has 4 rings (SSSR count). The summed E-state index contributed by atoms with van der Waals surface area (Å²) in [7, 11) is -2.28. The minimum atomic E-state index is -3.63. The zero-order chi connectivity index (χ0) is 34.2. The second-order valence-corrected chi connectivity index (χ2v) is 17.5. The zero-order valence-corrected chi connectivity index (χ0v) is 29.3. The van der Waals surface area contributed by atoms with Crippen LogP contribution in [0.5, 0.6) is 0 Å². The second-order valence-electron chi connectivity index (χ2n) is 15.6. The van der Waals surface area contributed by atoms with E-state index < -0.39 is 68.6 Å². The fourth-order valence-electron chi connectivity index (χ4n) is 7.46. The Morgan fingerprint density at radius 3 is 2.15 bits per heavy atom. The van der Waals surface area contributed by atoms with Gasteiger partial charge in [0.05, 0.1) is 17.3 Å². The molecule has 260 valence electrons. The predicted octanol–water partition coefficient (Wildman–Crippen LogP) is 1.57. The summed E-state index contributed by atoms with van der Waals surface area (Å²) >= 11 is 0. The summed E-state index contributed by atoms with van der Waals surface area (Å²) < 4.78 is 27.4. The van der Waals surface area contributed by atoms with Crippen molar-refractivity contribution in [1.82, 2.24) is 30.9 Å². The molecule has 3 aliphatic carbocycles. The number of urea groups is 1. The van der Waals surface area contributed by atoms with Crippen molar-refractivity contribution in [3.8, 4) is 0 Å². The highest BCUT2D eigenvalue weighted by molar-refractivity contribution is 7.89. The Morgan fingerprint density at radius 1 is 0.978 bits per heavy atom. The molecule has 0 bridgehead atoms. The molecule has 1 saturated heterocycles. The fraction of sp³-hybridized carbons (Fsp3) is 0.844. The van der Waals surface area contributed by atoms with E-state index in [0.717, 1.165) is 32.1 Å². The van der Waals surface area contributed by atoms with Crippen molar-refractivity contribution >= 4 is 39.6 Å². The average molecular weight is 667 g/mol. The Kier molecular flexibility index (Phi) is 10.5. The molecular weight excluding hydrogens is 612 g/mol. The molecular formula is C32H54N6O7S. The van der Waals surface area contributed by atoms with Crippen LogP contribution in [0, 0.1) is 22.7 Å². The van der Waals surface area contributed by atoms with Gasteiger partial charge in [-0.05, 0) is 61.8 Å². The molecule has 1 aliphatic heterocycles. The lowest BCUT2D eigenvalue weighted by Crippen LogP contribution is -2.64. The maximum atomic E-state index is 14.3. The Bertz CT molecular complexity index is 1320. The molecule has 46 heavy (non-hydrogen) atoms. The smallest absolute Gasteiger partial charge is 0.315 e. The van der Waals surface area contributed by atoms with Crippen LogP contribution in [-0.2, 0) is 29.2 Å². The van der Waals surface area contributed by atoms with Crippen LogP contribution in [0.15, 0.2) is 0 Å². The van der Waals surface area contributed by atoms with Gasteiger partial charge >= 0.3 is 6.03 Å². The molecule has 0 aromatic heterocycles. The molecule has 0 spiro atoms. The van der Waals surface area contributed by atoms with E-state index >= 15 is 0 Å². The number of rotatable bonds is 13. The number of hydrogen-bond donors (Lipinski definition) is 5. The molecule has 5 amide bonds. The van der Waals surface area contributed by atoms with Gasteiger partial charge in [-0.25, -0.2) is 17.9 Å². The highest BCUT2D eigenvalue weighted by Gasteiger charge is 2.70. The molecule has 5 N–H and O–H groups in total. The summed E-state index contributed by atoms with van der Waals surface area (Å²) in [4.78, 5) is 68.9. The summed E-state index contributed by atoms with van der Waals surface area (Å²) in [5.74, 6) is -2.62. The number of fused-ring (bicyclic) bond motifs is 1. The summed E-state index contributed by atoms with van der Waals surface area (Å²) in [6, 6.07) is -3.53. The molecule has 4 fully saturated rings. The molecule has 0 unspecified atom stereocenters. The van der Waals surface area contributed by atoms with Gasteiger partial charge in [0.15, 0.2) is 0 Å². The highest BCUT2D eigenvalue weighted by Crippen LogP contribution is 2.65. The van der Waals surface area contributed by atoms with E-state index in [0.29, 0.717) is 25.8 Å². The SMILES string of the molecule is CCC[C@H](NC(=O)[C@@H]1[C@@H]2[C@H](CN1C(=O)[C@@H](NC(=O)NC1(CS(=O)(=O)NC)CCCCC1)C(C)(C)C)C2(C)C)C(=O)C(=O)NC1CC1. The highest BCUT2D eigenvalue weighted by atomic mass is 32.2. The fourth-order valence-corrected chi connectivity index (χ4v) is 8.70. The van der Waals surface area contributed by atoms with E-state index in [2.05, 4.69) is 39.8 Å². The van der Waals surface area contributed by atoms with Crippen LogP contribution < -0.4 is 26.0 Å². The Morgan fingerprint density at radius 2 is 1.61 bits per heavy atom. The standard InChI is InChI=1S/C32H54N6O7S/c1-8-12-21(24(39)27(41)34-19-13-14-19)35-26(40)23-22-20(31(22,5)6)17-38(23)28(42)25(30(2,3)4)36-29(43)37-32(15-10-9-11-16-32)18-46(44,45)33-7/h19-23,25,33H,8-18H2,1-7H3,(H,34,41)(H,35,40)(H2,36,37,43)/t20-,21-,22-,23-,25+/m0/s1. The molecule has 0 aromatic carbocycles. The topological polar surface area (TPSA) is 183 Å². The monoisotopic (exact) mass is 666 g/mol. The minimum Gasteiger partial charge on any atom is -0.347 e. The Hall–Kier alpha value is -2.74. The van der Waals surface area contributed by atoms with Gasteiger partial charge in [-0.15, -0.1) is 0 Å².